The van der Waals surface area contributed by atoms with Gasteiger partial charge in [-0.3, -0.25) is 0 Å². The summed E-state index contributed by atoms with van der Waals surface area (Å²) in [5, 5.41) is 1.04. The van der Waals surface area contributed by atoms with E-state index in [0.29, 0.717) is 10.8 Å². The molecule has 0 radical (unpaired) electrons. The normalized spacial score (nSPS) is 19.1. The zero-order valence-electron chi connectivity index (χ0n) is 13.6. The molecule has 1 unspecified atom stereocenters. The first kappa shape index (κ1) is 15.4. The number of likely N-dealkylation sites (N-methyl/N-ethyl adjacent to an activating group) is 1. The highest BCUT2D eigenvalue weighted by Crippen LogP contribution is 2.34. The zero-order valence-corrected chi connectivity index (χ0v) is 14.4. The third kappa shape index (κ3) is 2.44. The van der Waals surface area contributed by atoms with Gasteiger partial charge >= 0.3 is 0 Å². The standard InChI is InChI=1S/C19H20N2O2S/c1-20-12-11-15(13-20)18-14-21(19-10-6-5-9-17(18)19)24(22,23)16-7-3-2-4-8-16/h2-10,14-15H,11-13H2,1H3. The molecule has 0 aliphatic carbocycles. The summed E-state index contributed by atoms with van der Waals surface area (Å²) in [4.78, 5) is 2.61. The van der Waals surface area contributed by atoms with Crippen molar-refractivity contribution in [3.63, 3.8) is 0 Å². The van der Waals surface area contributed by atoms with Crippen molar-refractivity contribution < 1.29 is 8.42 Å². The Kier molecular flexibility index (Phi) is 3.70. The lowest BCUT2D eigenvalue weighted by Crippen LogP contribution is -2.13. The Labute approximate surface area is 142 Å². The van der Waals surface area contributed by atoms with Crippen LogP contribution in [0.2, 0.25) is 0 Å². The first-order valence-electron chi connectivity index (χ1n) is 8.16. The van der Waals surface area contributed by atoms with Crippen LogP contribution in [-0.4, -0.2) is 37.4 Å². The summed E-state index contributed by atoms with van der Waals surface area (Å²) in [6.07, 6.45) is 2.90. The molecule has 0 saturated carbocycles. The minimum atomic E-state index is -3.58. The Balaban J connectivity index is 1.91. The number of likely N-dealkylation sites (tertiary alicyclic amines) is 1. The lowest BCUT2D eigenvalue weighted by molar-refractivity contribution is 0.412. The molecule has 1 aliphatic rings. The van der Waals surface area contributed by atoms with Crippen LogP contribution in [0.5, 0.6) is 0 Å². The van der Waals surface area contributed by atoms with Crippen LogP contribution in [-0.2, 0) is 10.0 Å². The van der Waals surface area contributed by atoms with Crippen LogP contribution >= 0.6 is 0 Å². The van der Waals surface area contributed by atoms with Crippen LogP contribution < -0.4 is 0 Å². The van der Waals surface area contributed by atoms with Crippen molar-refractivity contribution in [1.29, 1.82) is 0 Å². The van der Waals surface area contributed by atoms with Gasteiger partial charge in [0.2, 0.25) is 0 Å². The van der Waals surface area contributed by atoms with Crippen molar-refractivity contribution in [2.24, 2.45) is 0 Å². The Morgan fingerprint density at radius 2 is 1.71 bits per heavy atom. The lowest BCUT2D eigenvalue weighted by Gasteiger charge is -2.09. The molecule has 4 nitrogen and oxygen atoms in total. The topological polar surface area (TPSA) is 42.3 Å². The first-order valence-corrected chi connectivity index (χ1v) is 9.60. The molecule has 1 aromatic heterocycles. The zero-order chi connectivity index (χ0) is 16.7. The lowest BCUT2D eigenvalue weighted by atomic mass is 9.98. The molecule has 1 atom stereocenters. The van der Waals surface area contributed by atoms with Gasteiger partial charge in [-0.25, -0.2) is 12.4 Å². The summed E-state index contributed by atoms with van der Waals surface area (Å²) >= 11 is 0. The predicted molar refractivity (Wildman–Crippen MR) is 95.8 cm³/mol. The second-order valence-corrected chi connectivity index (χ2v) is 8.28. The number of fused-ring (bicyclic) bond motifs is 1. The maximum absolute atomic E-state index is 13.1. The fourth-order valence-corrected chi connectivity index (χ4v) is 4.99. The van der Waals surface area contributed by atoms with Crippen molar-refractivity contribution >= 4 is 20.9 Å². The number of hydrogen-bond acceptors (Lipinski definition) is 3. The van der Waals surface area contributed by atoms with Crippen molar-refractivity contribution in [2.45, 2.75) is 17.2 Å². The quantitative estimate of drug-likeness (QED) is 0.735. The van der Waals surface area contributed by atoms with E-state index in [4.69, 9.17) is 0 Å². The molecule has 124 valence electrons. The molecule has 3 aromatic rings. The van der Waals surface area contributed by atoms with Crippen LogP contribution in [0, 0.1) is 0 Å². The molecule has 0 bridgehead atoms. The molecule has 0 spiro atoms. The van der Waals surface area contributed by atoms with Crippen LogP contribution in [0.25, 0.3) is 10.9 Å². The van der Waals surface area contributed by atoms with Gasteiger partial charge in [-0.1, -0.05) is 36.4 Å². The molecule has 2 aromatic carbocycles. The third-order valence-electron chi connectivity index (χ3n) is 4.84. The molecule has 24 heavy (non-hydrogen) atoms. The average molecular weight is 340 g/mol. The summed E-state index contributed by atoms with van der Waals surface area (Å²) in [6, 6.07) is 16.4. The van der Waals surface area contributed by atoms with Gasteiger partial charge in [0, 0.05) is 18.1 Å². The second kappa shape index (κ2) is 5.76. The number of rotatable bonds is 3. The summed E-state index contributed by atoms with van der Waals surface area (Å²) in [6.45, 7) is 2.02. The van der Waals surface area contributed by atoms with E-state index in [9.17, 15) is 8.42 Å². The summed E-state index contributed by atoms with van der Waals surface area (Å²) in [7, 11) is -1.47. The fourth-order valence-electron chi connectivity index (χ4n) is 3.59. The number of para-hydroxylation sites is 1. The summed E-state index contributed by atoms with van der Waals surface area (Å²) in [5.74, 6) is 0.382. The largest absolute Gasteiger partial charge is 0.306 e. The SMILES string of the molecule is CN1CCC(c2cn(S(=O)(=O)c3ccccc3)c3ccccc23)C1. The van der Waals surface area contributed by atoms with Gasteiger partial charge in [-0.05, 0) is 49.7 Å². The van der Waals surface area contributed by atoms with Gasteiger partial charge in [0.25, 0.3) is 10.0 Å². The maximum atomic E-state index is 13.1. The van der Waals surface area contributed by atoms with Gasteiger partial charge in [0.1, 0.15) is 0 Å². The van der Waals surface area contributed by atoms with Crippen molar-refractivity contribution in [2.75, 3.05) is 20.1 Å². The van der Waals surface area contributed by atoms with Gasteiger partial charge in [-0.15, -0.1) is 0 Å². The molecule has 4 rings (SSSR count). The number of nitrogens with zero attached hydrogens (tertiary/aromatic N) is 2. The minimum Gasteiger partial charge on any atom is -0.306 e. The van der Waals surface area contributed by atoms with Crippen LogP contribution in [0.3, 0.4) is 0 Å². The molecular weight excluding hydrogens is 320 g/mol. The van der Waals surface area contributed by atoms with E-state index < -0.39 is 10.0 Å². The van der Waals surface area contributed by atoms with Crippen LogP contribution in [0.4, 0.5) is 0 Å². The second-order valence-electron chi connectivity index (χ2n) is 6.46. The molecule has 1 fully saturated rings. The minimum absolute atomic E-state index is 0.320. The van der Waals surface area contributed by atoms with E-state index in [-0.39, 0.29) is 0 Å². The van der Waals surface area contributed by atoms with Crippen LogP contribution in [0.1, 0.15) is 17.9 Å². The molecule has 0 N–H and O–H groups in total. The van der Waals surface area contributed by atoms with Crippen molar-refractivity contribution in [1.82, 2.24) is 8.87 Å². The highest BCUT2D eigenvalue weighted by Gasteiger charge is 2.27. The number of hydrogen-bond donors (Lipinski definition) is 0. The van der Waals surface area contributed by atoms with Gasteiger partial charge in [0.15, 0.2) is 0 Å². The number of benzene rings is 2. The van der Waals surface area contributed by atoms with E-state index in [1.165, 1.54) is 3.97 Å². The number of aromatic nitrogens is 1. The predicted octanol–water partition coefficient (Wildman–Crippen LogP) is 3.30. The molecular formula is C19H20N2O2S. The Bertz CT molecular complexity index is 977. The Morgan fingerprint density at radius 1 is 1.00 bits per heavy atom. The molecule has 1 aliphatic heterocycles. The molecule has 2 heterocycles. The monoisotopic (exact) mass is 340 g/mol. The summed E-state index contributed by atoms with van der Waals surface area (Å²) < 4.78 is 27.6. The van der Waals surface area contributed by atoms with E-state index in [2.05, 4.69) is 11.9 Å². The summed E-state index contributed by atoms with van der Waals surface area (Å²) in [5.41, 5.74) is 1.89. The van der Waals surface area contributed by atoms with E-state index in [1.54, 1.807) is 24.3 Å². The fraction of sp³-hybridized carbons (Fsp3) is 0.263. The molecule has 1 saturated heterocycles. The molecule has 0 amide bonds. The smallest absolute Gasteiger partial charge is 0.268 e. The van der Waals surface area contributed by atoms with Crippen LogP contribution in [0.15, 0.2) is 65.7 Å². The Hall–Kier alpha value is -2.11. The van der Waals surface area contributed by atoms with Crippen molar-refractivity contribution in [3.05, 3.63) is 66.4 Å². The third-order valence-corrected chi connectivity index (χ3v) is 6.53. The van der Waals surface area contributed by atoms with E-state index in [1.807, 2.05) is 36.5 Å². The van der Waals surface area contributed by atoms with Gasteiger partial charge < -0.3 is 4.90 Å². The van der Waals surface area contributed by atoms with E-state index >= 15 is 0 Å². The first-order chi connectivity index (χ1) is 11.6. The van der Waals surface area contributed by atoms with Gasteiger partial charge in [0.05, 0.1) is 10.4 Å². The van der Waals surface area contributed by atoms with Gasteiger partial charge in [-0.2, -0.15) is 0 Å². The maximum Gasteiger partial charge on any atom is 0.268 e. The highest BCUT2D eigenvalue weighted by atomic mass is 32.2. The average Bonchev–Trinajstić information content (AvgIpc) is 3.19. The highest BCUT2D eigenvalue weighted by molar-refractivity contribution is 7.90. The Morgan fingerprint density at radius 3 is 2.42 bits per heavy atom. The van der Waals surface area contributed by atoms with E-state index in [0.717, 1.165) is 36.0 Å². The molecule has 5 heteroatoms. The van der Waals surface area contributed by atoms with Crippen molar-refractivity contribution in [3.8, 4) is 0 Å².